The lowest BCUT2D eigenvalue weighted by Crippen LogP contribution is -2.41. The van der Waals surface area contributed by atoms with Crippen LogP contribution in [0.4, 0.5) is 5.69 Å². The summed E-state index contributed by atoms with van der Waals surface area (Å²) in [5.41, 5.74) is 0.383. The molecule has 0 radical (unpaired) electrons. The van der Waals surface area contributed by atoms with Crippen LogP contribution in [0.15, 0.2) is 89.8 Å². The van der Waals surface area contributed by atoms with E-state index in [-0.39, 0.29) is 17.3 Å². The highest BCUT2D eigenvalue weighted by Gasteiger charge is 2.27. The van der Waals surface area contributed by atoms with Gasteiger partial charge in [-0.05, 0) is 60.9 Å². The smallest absolute Gasteiger partial charge is 0.264 e. The Morgan fingerprint density at radius 1 is 0.875 bits per heavy atom. The summed E-state index contributed by atoms with van der Waals surface area (Å²) in [5, 5.41) is 2.81. The van der Waals surface area contributed by atoms with Crippen LogP contribution >= 0.6 is 0 Å². The van der Waals surface area contributed by atoms with Crippen molar-refractivity contribution in [3.63, 3.8) is 0 Å². The molecule has 7 heteroatoms. The summed E-state index contributed by atoms with van der Waals surface area (Å²) in [6, 6.07) is 24.1. The molecular formula is C25H28N2O4S. The van der Waals surface area contributed by atoms with Gasteiger partial charge in [0.05, 0.1) is 10.6 Å². The van der Waals surface area contributed by atoms with Crippen molar-refractivity contribution in [1.82, 2.24) is 5.32 Å². The second-order valence-corrected chi connectivity index (χ2v) is 9.63. The first-order valence-electron chi connectivity index (χ1n) is 10.5. The molecule has 0 atom stereocenters. The molecule has 0 fully saturated rings. The van der Waals surface area contributed by atoms with Crippen molar-refractivity contribution < 1.29 is 17.9 Å². The minimum atomic E-state index is -3.93. The summed E-state index contributed by atoms with van der Waals surface area (Å²) in [4.78, 5) is 12.7. The van der Waals surface area contributed by atoms with E-state index >= 15 is 0 Å². The summed E-state index contributed by atoms with van der Waals surface area (Å²) in [5.74, 6) is 1.34. The van der Waals surface area contributed by atoms with Crippen molar-refractivity contribution in [2.75, 3.05) is 17.4 Å². The zero-order valence-corrected chi connectivity index (χ0v) is 19.1. The predicted octanol–water partition coefficient (Wildman–Crippen LogP) is 4.84. The molecule has 3 rings (SSSR count). The van der Waals surface area contributed by atoms with E-state index in [0.29, 0.717) is 29.6 Å². The standard InChI is InChI=1S/C25H28N2O4S/c1-20(2)17-18-26-25(28)19-27(32(29,30)24-11-7-4-8-12-24)21-13-15-23(16-14-21)31-22-9-5-3-6-10-22/h3-16,20H,17-19H2,1-2H3,(H,26,28). The van der Waals surface area contributed by atoms with Crippen LogP contribution in [0.2, 0.25) is 0 Å². The number of rotatable bonds is 10. The average molecular weight is 453 g/mol. The van der Waals surface area contributed by atoms with Gasteiger partial charge < -0.3 is 10.1 Å². The lowest BCUT2D eigenvalue weighted by Gasteiger charge is -2.24. The number of hydrogen-bond donors (Lipinski definition) is 1. The van der Waals surface area contributed by atoms with Crippen molar-refractivity contribution in [3.8, 4) is 11.5 Å². The Morgan fingerprint density at radius 2 is 1.44 bits per heavy atom. The van der Waals surface area contributed by atoms with E-state index in [2.05, 4.69) is 19.2 Å². The van der Waals surface area contributed by atoms with Crippen LogP contribution in [0.1, 0.15) is 20.3 Å². The number of hydrogen-bond acceptors (Lipinski definition) is 4. The Balaban J connectivity index is 1.84. The molecular weight excluding hydrogens is 424 g/mol. The highest BCUT2D eigenvalue weighted by molar-refractivity contribution is 7.92. The first kappa shape index (κ1) is 23.3. The van der Waals surface area contributed by atoms with E-state index in [9.17, 15) is 13.2 Å². The van der Waals surface area contributed by atoms with Crippen LogP contribution in [-0.2, 0) is 14.8 Å². The molecule has 0 heterocycles. The SMILES string of the molecule is CC(C)CCNC(=O)CN(c1ccc(Oc2ccccc2)cc1)S(=O)(=O)c1ccccc1. The number of para-hydroxylation sites is 1. The minimum absolute atomic E-state index is 0.125. The van der Waals surface area contributed by atoms with Crippen LogP contribution in [0.25, 0.3) is 0 Å². The number of nitrogens with one attached hydrogen (secondary N) is 1. The van der Waals surface area contributed by atoms with Crippen molar-refractivity contribution in [3.05, 3.63) is 84.9 Å². The number of ether oxygens (including phenoxy) is 1. The van der Waals surface area contributed by atoms with E-state index in [1.807, 2.05) is 30.3 Å². The Morgan fingerprint density at radius 3 is 2.03 bits per heavy atom. The molecule has 0 unspecified atom stereocenters. The van der Waals surface area contributed by atoms with E-state index in [0.717, 1.165) is 10.7 Å². The number of anilines is 1. The molecule has 3 aromatic rings. The van der Waals surface area contributed by atoms with E-state index in [1.165, 1.54) is 12.1 Å². The molecule has 0 aliphatic rings. The second-order valence-electron chi connectivity index (χ2n) is 7.77. The number of amides is 1. The first-order chi connectivity index (χ1) is 15.4. The number of nitrogens with zero attached hydrogens (tertiary/aromatic N) is 1. The molecule has 1 N–H and O–H groups in total. The van der Waals surface area contributed by atoms with Gasteiger partial charge in [0, 0.05) is 6.54 Å². The van der Waals surface area contributed by atoms with Gasteiger partial charge in [0.25, 0.3) is 10.0 Å². The molecule has 3 aromatic carbocycles. The Bertz CT molecular complexity index is 1100. The summed E-state index contributed by atoms with van der Waals surface area (Å²) >= 11 is 0. The highest BCUT2D eigenvalue weighted by Crippen LogP contribution is 2.27. The summed E-state index contributed by atoms with van der Waals surface area (Å²) in [6.45, 7) is 4.32. The Labute approximate surface area is 189 Å². The molecule has 0 aromatic heterocycles. The number of carbonyl (C=O) groups is 1. The molecule has 32 heavy (non-hydrogen) atoms. The van der Waals surface area contributed by atoms with Gasteiger partial charge >= 0.3 is 0 Å². The maximum Gasteiger partial charge on any atom is 0.264 e. The second kappa shape index (κ2) is 10.8. The van der Waals surface area contributed by atoms with Gasteiger partial charge in [-0.3, -0.25) is 9.10 Å². The maximum atomic E-state index is 13.3. The normalized spacial score (nSPS) is 11.2. The lowest BCUT2D eigenvalue weighted by atomic mass is 10.1. The molecule has 0 saturated carbocycles. The number of benzene rings is 3. The molecule has 1 amide bonds. The van der Waals surface area contributed by atoms with Gasteiger partial charge in [-0.15, -0.1) is 0 Å². The zero-order valence-electron chi connectivity index (χ0n) is 18.3. The zero-order chi connectivity index (χ0) is 23.0. The van der Waals surface area contributed by atoms with Crippen LogP contribution in [-0.4, -0.2) is 27.4 Å². The van der Waals surface area contributed by atoms with Crippen LogP contribution in [0.5, 0.6) is 11.5 Å². The number of carbonyl (C=O) groups excluding carboxylic acids is 1. The largest absolute Gasteiger partial charge is 0.457 e. The molecule has 0 saturated heterocycles. The van der Waals surface area contributed by atoms with Crippen molar-refractivity contribution in [2.45, 2.75) is 25.2 Å². The fourth-order valence-electron chi connectivity index (χ4n) is 3.03. The Kier molecular flexibility index (Phi) is 7.89. The summed E-state index contributed by atoms with van der Waals surface area (Å²) in [6.07, 6.45) is 0.822. The molecule has 168 valence electrons. The summed E-state index contributed by atoms with van der Waals surface area (Å²) < 4.78 is 33.6. The Hall–Kier alpha value is -3.32. The quantitative estimate of drug-likeness (QED) is 0.478. The van der Waals surface area contributed by atoms with Crippen LogP contribution < -0.4 is 14.4 Å². The third-order valence-corrected chi connectivity index (χ3v) is 6.55. The van der Waals surface area contributed by atoms with Crippen molar-refractivity contribution >= 4 is 21.6 Å². The average Bonchev–Trinajstić information content (AvgIpc) is 2.79. The number of sulfonamides is 1. The van der Waals surface area contributed by atoms with Crippen LogP contribution in [0, 0.1) is 5.92 Å². The monoisotopic (exact) mass is 452 g/mol. The third-order valence-electron chi connectivity index (χ3n) is 4.77. The molecule has 0 spiro atoms. The first-order valence-corrected chi connectivity index (χ1v) is 12.0. The van der Waals surface area contributed by atoms with Gasteiger partial charge in [0.1, 0.15) is 18.0 Å². The minimum Gasteiger partial charge on any atom is -0.457 e. The van der Waals surface area contributed by atoms with Gasteiger partial charge in [0.2, 0.25) is 5.91 Å². The van der Waals surface area contributed by atoms with Crippen molar-refractivity contribution in [2.24, 2.45) is 5.92 Å². The fourth-order valence-corrected chi connectivity index (χ4v) is 4.47. The van der Waals surface area contributed by atoms with Gasteiger partial charge in [-0.2, -0.15) is 0 Å². The van der Waals surface area contributed by atoms with Crippen molar-refractivity contribution in [1.29, 1.82) is 0 Å². The molecule has 6 nitrogen and oxygen atoms in total. The van der Waals surface area contributed by atoms with E-state index in [1.54, 1.807) is 42.5 Å². The van der Waals surface area contributed by atoms with Crippen LogP contribution in [0.3, 0.4) is 0 Å². The van der Waals surface area contributed by atoms with Gasteiger partial charge in [0.15, 0.2) is 0 Å². The van der Waals surface area contributed by atoms with E-state index < -0.39 is 10.0 Å². The lowest BCUT2D eigenvalue weighted by molar-refractivity contribution is -0.119. The van der Waals surface area contributed by atoms with E-state index in [4.69, 9.17) is 4.74 Å². The highest BCUT2D eigenvalue weighted by atomic mass is 32.2. The molecule has 0 aliphatic heterocycles. The van der Waals surface area contributed by atoms with Gasteiger partial charge in [-0.25, -0.2) is 8.42 Å². The maximum absolute atomic E-state index is 13.3. The molecule has 0 aliphatic carbocycles. The van der Waals surface area contributed by atoms with Gasteiger partial charge in [-0.1, -0.05) is 50.2 Å². The molecule has 0 bridgehead atoms. The fraction of sp³-hybridized carbons (Fsp3) is 0.240. The third kappa shape index (κ3) is 6.34. The summed E-state index contributed by atoms with van der Waals surface area (Å²) in [7, 11) is -3.93. The predicted molar refractivity (Wildman–Crippen MR) is 126 cm³/mol. The topological polar surface area (TPSA) is 75.7 Å².